The van der Waals surface area contributed by atoms with Gasteiger partial charge in [0.05, 0.1) is 34.6 Å². The van der Waals surface area contributed by atoms with Crippen LogP contribution in [0.4, 0.5) is 0 Å². The number of nitrogens with one attached hydrogen (secondary N) is 1. The first-order valence-electron chi connectivity index (χ1n) is 12.9. The summed E-state index contributed by atoms with van der Waals surface area (Å²) in [4.78, 5) is 39.2. The van der Waals surface area contributed by atoms with Crippen molar-refractivity contribution in [2.45, 2.75) is 19.4 Å². The summed E-state index contributed by atoms with van der Waals surface area (Å²) in [5.74, 6) is -0.222. The maximum Gasteiger partial charge on any atom is 0.310 e. The maximum absolute atomic E-state index is 13.7. The Morgan fingerprint density at radius 3 is 2.55 bits per heavy atom. The first kappa shape index (κ1) is 23.7. The topological polar surface area (TPSA) is 104 Å². The molecule has 0 unspecified atom stereocenters. The standard InChI is InChI=1S/C32H23N5O3/c1-19-9-11-23-22(16-19)29(20-6-3-2-4-7-20)30(31(38)35-23)26-18-27(37(36-26)32(39)28-8-5-15-40-28)21-10-12-24-25(17-21)34-14-13-33-24/h2-17,27H,18H2,1H3,(H,35,38)/t27-/m0/s1. The molecule has 0 bridgehead atoms. The third-order valence-electron chi connectivity index (χ3n) is 7.25. The van der Waals surface area contributed by atoms with E-state index in [0.29, 0.717) is 23.2 Å². The maximum atomic E-state index is 13.7. The number of carbonyl (C=O) groups excluding carboxylic acids is 1. The summed E-state index contributed by atoms with van der Waals surface area (Å²) < 4.78 is 5.44. The average molecular weight is 526 g/mol. The van der Waals surface area contributed by atoms with E-state index in [1.54, 1.807) is 24.5 Å². The van der Waals surface area contributed by atoms with Gasteiger partial charge in [0, 0.05) is 35.3 Å². The van der Waals surface area contributed by atoms with Crippen molar-refractivity contribution >= 4 is 33.6 Å². The van der Waals surface area contributed by atoms with Gasteiger partial charge in [-0.2, -0.15) is 5.10 Å². The normalized spacial score (nSPS) is 15.1. The number of pyridine rings is 1. The van der Waals surface area contributed by atoms with Crippen LogP contribution in [0.25, 0.3) is 33.1 Å². The highest BCUT2D eigenvalue weighted by Gasteiger charge is 2.37. The lowest BCUT2D eigenvalue weighted by molar-refractivity contribution is 0.0678. The van der Waals surface area contributed by atoms with E-state index in [4.69, 9.17) is 9.52 Å². The predicted octanol–water partition coefficient (Wildman–Crippen LogP) is 6.03. The van der Waals surface area contributed by atoms with Gasteiger partial charge in [-0.3, -0.25) is 19.6 Å². The summed E-state index contributed by atoms with van der Waals surface area (Å²) in [6.07, 6.45) is 5.07. The Morgan fingerprint density at radius 1 is 0.925 bits per heavy atom. The minimum absolute atomic E-state index is 0.168. The number of furan rings is 1. The molecule has 0 radical (unpaired) electrons. The van der Waals surface area contributed by atoms with Crippen molar-refractivity contribution in [3.8, 4) is 11.1 Å². The van der Waals surface area contributed by atoms with E-state index < -0.39 is 11.9 Å². The van der Waals surface area contributed by atoms with Gasteiger partial charge in [-0.1, -0.05) is 48.0 Å². The van der Waals surface area contributed by atoms with Crippen molar-refractivity contribution < 1.29 is 9.21 Å². The van der Waals surface area contributed by atoms with Gasteiger partial charge < -0.3 is 9.40 Å². The number of carbonyl (C=O) groups is 1. The van der Waals surface area contributed by atoms with Crippen molar-refractivity contribution in [3.63, 3.8) is 0 Å². The Balaban J connectivity index is 1.44. The number of hydrogen-bond donors (Lipinski definition) is 1. The number of rotatable bonds is 4. The number of benzene rings is 3. The van der Waals surface area contributed by atoms with Crippen LogP contribution in [0.1, 0.15) is 39.7 Å². The lowest BCUT2D eigenvalue weighted by Crippen LogP contribution is -2.26. The molecule has 1 N–H and O–H groups in total. The van der Waals surface area contributed by atoms with Crippen molar-refractivity contribution in [3.05, 3.63) is 130 Å². The third-order valence-corrected chi connectivity index (χ3v) is 7.25. The van der Waals surface area contributed by atoms with Crippen molar-refractivity contribution in [2.24, 2.45) is 5.10 Å². The Morgan fingerprint density at radius 2 is 1.75 bits per heavy atom. The van der Waals surface area contributed by atoms with Gasteiger partial charge in [0.1, 0.15) is 0 Å². The molecule has 0 saturated heterocycles. The fraction of sp³-hybridized carbons (Fsp3) is 0.0938. The van der Waals surface area contributed by atoms with E-state index in [2.05, 4.69) is 21.0 Å². The highest BCUT2D eigenvalue weighted by atomic mass is 16.3. The van der Waals surface area contributed by atoms with Gasteiger partial charge in [-0.25, -0.2) is 5.01 Å². The molecule has 8 nitrogen and oxygen atoms in total. The summed E-state index contributed by atoms with van der Waals surface area (Å²) in [5, 5.41) is 7.14. The van der Waals surface area contributed by atoms with Gasteiger partial charge >= 0.3 is 5.91 Å². The fourth-order valence-corrected chi connectivity index (χ4v) is 5.40. The van der Waals surface area contributed by atoms with Gasteiger partial charge in [0.25, 0.3) is 5.56 Å². The van der Waals surface area contributed by atoms with Crippen LogP contribution in [0.5, 0.6) is 0 Å². The van der Waals surface area contributed by atoms with Gasteiger partial charge in [0.2, 0.25) is 0 Å². The number of fused-ring (bicyclic) bond motifs is 2. The number of amides is 1. The predicted molar refractivity (Wildman–Crippen MR) is 153 cm³/mol. The zero-order valence-electron chi connectivity index (χ0n) is 21.5. The molecule has 0 spiro atoms. The first-order chi connectivity index (χ1) is 19.6. The monoisotopic (exact) mass is 525 g/mol. The third kappa shape index (κ3) is 3.97. The minimum Gasteiger partial charge on any atom is -0.459 e. The SMILES string of the molecule is Cc1ccc2[nH]c(=O)c(C3=NN(C(=O)c4ccco4)[C@H](c4ccc5nccnc5c4)C3)c(-c3ccccc3)c2c1. The molecule has 0 aliphatic carbocycles. The van der Waals surface area contributed by atoms with E-state index in [1.807, 2.05) is 67.6 Å². The highest BCUT2D eigenvalue weighted by molar-refractivity contribution is 6.13. The Kier molecular flexibility index (Phi) is 5.59. The molecule has 3 aromatic carbocycles. The number of aromatic nitrogens is 3. The molecule has 6 aromatic rings. The molecular weight excluding hydrogens is 502 g/mol. The quantitative estimate of drug-likeness (QED) is 0.303. The summed E-state index contributed by atoms with van der Waals surface area (Å²) in [6.45, 7) is 2.02. The Labute approximate surface area is 228 Å². The molecule has 8 heteroatoms. The van der Waals surface area contributed by atoms with E-state index in [1.165, 1.54) is 11.3 Å². The zero-order chi connectivity index (χ0) is 27.2. The van der Waals surface area contributed by atoms with Crippen LogP contribution < -0.4 is 5.56 Å². The smallest absolute Gasteiger partial charge is 0.310 e. The number of H-pyrrole nitrogens is 1. The van der Waals surface area contributed by atoms with Crippen LogP contribution >= 0.6 is 0 Å². The molecule has 40 heavy (non-hydrogen) atoms. The number of aromatic amines is 1. The van der Waals surface area contributed by atoms with E-state index in [-0.39, 0.29) is 11.3 Å². The summed E-state index contributed by atoms with van der Waals surface area (Å²) in [5.41, 5.74) is 6.51. The molecule has 1 aliphatic rings. The van der Waals surface area contributed by atoms with Crippen LogP contribution in [0.3, 0.4) is 0 Å². The Bertz CT molecular complexity index is 2000. The summed E-state index contributed by atoms with van der Waals surface area (Å²) >= 11 is 0. The minimum atomic E-state index is -0.477. The van der Waals surface area contributed by atoms with Crippen molar-refractivity contribution in [2.75, 3.05) is 0 Å². The van der Waals surface area contributed by atoms with Crippen LogP contribution in [0.15, 0.2) is 112 Å². The molecule has 1 aliphatic heterocycles. The van der Waals surface area contributed by atoms with Crippen molar-refractivity contribution in [1.82, 2.24) is 20.0 Å². The molecule has 3 aromatic heterocycles. The van der Waals surface area contributed by atoms with Gasteiger partial charge in [-0.05, 0) is 54.4 Å². The second kappa shape index (κ2) is 9.43. The second-order valence-corrected chi connectivity index (χ2v) is 9.82. The van der Waals surface area contributed by atoms with Crippen LogP contribution in [0.2, 0.25) is 0 Å². The van der Waals surface area contributed by atoms with Crippen LogP contribution in [0, 0.1) is 6.92 Å². The fourth-order valence-electron chi connectivity index (χ4n) is 5.40. The van der Waals surface area contributed by atoms with E-state index in [0.717, 1.165) is 38.7 Å². The first-order valence-corrected chi connectivity index (χ1v) is 12.9. The van der Waals surface area contributed by atoms with Crippen molar-refractivity contribution in [1.29, 1.82) is 0 Å². The highest BCUT2D eigenvalue weighted by Crippen LogP contribution is 2.38. The van der Waals surface area contributed by atoms with Crippen LogP contribution in [-0.2, 0) is 0 Å². The lowest BCUT2D eigenvalue weighted by Gasteiger charge is -2.21. The average Bonchev–Trinajstić information content (AvgIpc) is 3.68. The van der Waals surface area contributed by atoms with Gasteiger partial charge in [-0.15, -0.1) is 0 Å². The van der Waals surface area contributed by atoms with E-state index in [9.17, 15) is 9.59 Å². The molecule has 0 saturated carbocycles. The van der Waals surface area contributed by atoms with E-state index >= 15 is 0 Å². The molecule has 194 valence electrons. The van der Waals surface area contributed by atoms with Crippen LogP contribution in [-0.4, -0.2) is 31.6 Å². The molecule has 1 amide bonds. The molecule has 4 heterocycles. The summed E-state index contributed by atoms with van der Waals surface area (Å²) in [6, 6.07) is 24.3. The number of aryl methyl sites for hydroxylation is 1. The molecule has 7 rings (SSSR count). The number of hydrazone groups is 1. The number of hydrogen-bond acceptors (Lipinski definition) is 6. The second-order valence-electron chi connectivity index (χ2n) is 9.82. The molecular formula is C32H23N5O3. The zero-order valence-corrected chi connectivity index (χ0v) is 21.5. The van der Waals surface area contributed by atoms with Gasteiger partial charge in [0.15, 0.2) is 5.76 Å². The lowest BCUT2D eigenvalue weighted by atomic mass is 9.90. The molecule has 1 atom stereocenters. The number of nitrogens with zero attached hydrogens (tertiary/aromatic N) is 4. The summed E-state index contributed by atoms with van der Waals surface area (Å²) in [7, 11) is 0. The molecule has 0 fully saturated rings. The largest absolute Gasteiger partial charge is 0.459 e. The Hall–Kier alpha value is -5.37.